The van der Waals surface area contributed by atoms with Crippen molar-refractivity contribution < 1.29 is 27.5 Å². The maximum absolute atomic E-state index is 13.3. The first kappa shape index (κ1) is 25.2. The molecule has 0 aliphatic carbocycles. The summed E-state index contributed by atoms with van der Waals surface area (Å²) in [7, 11) is 0. The lowest BCUT2D eigenvalue weighted by Crippen LogP contribution is -2.49. The van der Waals surface area contributed by atoms with Gasteiger partial charge >= 0.3 is 12.2 Å². The predicted molar refractivity (Wildman–Crippen MR) is 120 cm³/mol. The molecule has 1 aromatic heterocycles. The summed E-state index contributed by atoms with van der Waals surface area (Å²) in [5.41, 5.74) is 4.14. The van der Waals surface area contributed by atoms with Gasteiger partial charge in [-0.3, -0.25) is 9.69 Å². The highest BCUT2D eigenvalue weighted by Gasteiger charge is 2.36. The minimum atomic E-state index is -4.61. The lowest BCUT2D eigenvalue weighted by atomic mass is 10.1. The zero-order valence-electron chi connectivity index (χ0n) is 19.0. The number of ether oxygens (including phenoxy) is 1. The molecule has 0 bridgehead atoms. The van der Waals surface area contributed by atoms with Gasteiger partial charge in [0.1, 0.15) is 0 Å². The summed E-state index contributed by atoms with van der Waals surface area (Å²) in [5, 5.41) is 8.24. The van der Waals surface area contributed by atoms with Gasteiger partial charge in [0.25, 0.3) is 5.91 Å². The van der Waals surface area contributed by atoms with E-state index in [4.69, 9.17) is 10.5 Å². The molecule has 1 aliphatic heterocycles. The second-order valence-corrected chi connectivity index (χ2v) is 7.98. The molecule has 1 aliphatic rings. The molecular formula is C22H27F3N6O3. The Bertz CT molecular complexity index is 992. The van der Waals surface area contributed by atoms with Crippen LogP contribution in [0.4, 0.5) is 29.6 Å². The molecule has 2 heterocycles. The highest BCUT2D eigenvalue weighted by molar-refractivity contribution is 5.96. The van der Waals surface area contributed by atoms with Crippen LogP contribution in [0, 0.1) is 0 Å². The van der Waals surface area contributed by atoms with E-state index < -0.39 is 23.7 Å². The summed E-state index contributed by atoms with van der Waals surface area (Å²) < 4.78 is 45.3. The van der Waals surface area contributed by atoms with E-state index in [0.29, 0.717) is 18.9 Å². The number of nitrogens with two attached hydrogens (primary N) is 1. The number of carbonyl (C=O) groups excluding carboxylic acids is 2. The van der Waals surface area contributed by atoms with Crippen LogP contribution >= 0.6 is 0 Å². The average Bonchev–Trinajstić information content (AvgIpc) is 2.81. The normalized spacial score (nSPS) is 14.4. The number of alkyl halides is 3. The van der Waals surface area contributed by atoms with Crippen LogP contribution in [0.1, 0.15) is 29.8 Å². The minimum Gasteiger partial charge on any atom is -0.377 e. The maximum Gasteiger partial charge on any atom is 0.417 e. The number of halogens is 3. The summed E-state index contributed by atoms with van der Waals surface area (Å²) in [5.74, 6) is 0.144. The number of aromatic nitrogens is 2. The molecule has 0 spiro atoms. The first-order chi connectivity index (χ1) is 16.1. The van der Waals surface area contributed by atoms with Crippen LogP contribution in [0.2, 0.25) is 0 Å². The van der Waals surface area contributed by atoms with Crippen LogP contribution in [0.3, 0.4) is 0 Å². The molecule has 1 fully saturated rings. The van der Waals surface area contributed by atoms with E-state index >= 15 is 0 Å². The van der Waals surface area contributed by atoms with Gasteiger partial charge in [0.15, 0.2) is 11.6 Å². The fourth-order valence-corrected chi connectivity index (χ4v) is 3.57. The third kappa shape index (κ3) is 6.13. The molecule has 0 radical (unpaired) electrons. The zero-order valence-corrected chi connectivity index (χ0v) is 19.0. The first-order valence-electron chi connectivity index (χ1n) is 10.8. The van der Waals surface area contributed by atoms with Crippen LogP contribution < -0.4 is 15.5 Å². The molecule has 3 rings (SSSR count). The first-order valence-corrected chi connectivity index (χ1v) is 10.8. The Hall–Kier alpha value is -3.41. The largest absolute Gasteiger partial charge is 0.417 e. The monoisotopic (exact) mass is 480 g/mol. The number of hydrogen-bond acceptors (Lipinski definition) is 6. The van der Waals surface area contributed by atoms with Crippen LogP contribution in [-0.4, -0.2) is 72.5 Å². The molecule has 184 valence electrons. The molecule has 9 nitrogen and oxygen atoms in total. The molecule has 0 saturated carbocycles. The number of primary amides is 1. The fraction of sp³-hybridized carbons (Fsp3) is 0.455. The van der Waals surface area contributed by atoms with Crippen LogP contribution in [-0.2, 0) is 10.9 Å². The van der Waals surface area contributed by atoms with Gasteiger partial charge in [-0.05, 0) is 38.1 Å². The number of carbonyl (C=O) groups is 2. The third-order valence-corrected chi connectivity index (χ3v) is 5.30. The quantitative estimate of drug-likeness (QED) is 0.654. The van der Waals surface area contributed by atoms with Crippen molar-refractivity contribution in [2.45, 2.75) is 26.1 Å². The molecule has 1 aromatic carbocycles. The van der Waals surface area contributed by atoms with E-state index in [1.165, 1.54) is 28.0 Å². The van der Waals surface area contributed by atoms with E-state index in [1.807, 2.05) is 18.7 Å². The Morgan fingerprint density at radius 2 is 1.76 bits per heavy atom. The Labute approximate surface area is 195 Å². The number of hydrogen-bond donors (Lipinski definition) is 1. The van der Waals surface area contributed by atoms with Gasteiger partial charge in [-0.25, -0.2) is 4.79 Å². The van der Waals surface area contributed by atoms with Crippen molar-refractivity contribution in [1.29, 1.82) is 0 Å². The zero-order chi connectivity index (χ0) is 24.9. The van der Waals surface area contributed by atoms with Crippen molar-refractivity contribution >= 4 is 23.6 Å². The van der Waals surface area contributed by atoms with Gasteiger partial charge in [0.2, 0.25) is 0 Å². The average molecular weight is 480 g/mol. The summed E-state index contributed by atoms with van der Waals surface area (Å²) in [6.45, 7) is 5.48. The topological polar surface area (TPSA) is 105 Å². The molecule has 1 saturated heterocycles. The highest BCUT2D eigenvalue weighted by atomic mass is 19.4. The lowest BCUT2D eigenvalue weighted by Gasteiger charge is -2.35. The third-order valence-electron chi connectivity index (χ3n) is 5.30. The Kier molecular flexibility index (Phi) is 7.92. The smallest absolute Gasteiger partial charge is 0.377 e. The fourth-order valence-electron chi connectivity index (χ4n) is 3.57. The van der Waals surface area contributed by atoms with E-state index in [0.717, 1.165) is 6.07 Å². The van der Waals surface area contributed by atoms with Gasteiger partial charge < -0.3 is 20.3 Å². The lowest BCUT2D eigenvalue weighted by molar-refractivity contribution is -0.138. The number of nitrogens with zero attached hydrogens (tertiary/aromatic N) is 5. The van der Waals surface area contributed by atoms with E-state index in [9.17, 15) is 22.8 Å². The Morgan fingerprint density at radius 3 is 2.32 bits per heavy atom. The Balaban J connectivity index is 1.62. The summed E-state index contributed by atoms with van der Waals surface area (Å²) in [6, 6.07) is 7.39. The number of piperazine rings is 1. The van der Waals surface area contributed by atoms with Crippen molar-refractivity contribution in [3.63, 3.8) is 0 Å². The predicted octanol–water partition coefficient (Wildman–Crippen LogP) is 2.77. The molecule has 34 heavy (non-hydrogen) atoms. The van der Waals surface area contributed by atoms with Gasteiger partial charge in [-0.15, -0.1) is 10.2 Å². The van der Waals surface area contributed by atoms with Crippen LogP contribution in [0.25, 0.3) is 0 Å². The van der Waals surface area contributed by atoms with Crippen molar-refractivity contribution in [1.82, 2.24) is 15.1 Å². The van der Waals surface area contributed by atoms with Crippen molar-refractivity contribution in [2.24, 2.45) is 5.73 Å². The summed E-state index contributed by atoms with van der Waals surface area (Å²) in [4.78, 5) is 29.0. The maximum atomic E-state index is 13.3. The van der Waals surface area contributed by atoms with E-state index in [1.54, 1.807) is 12.1 Å². The number of urea groups is 1. The number of benzene rings is 1. The van der Waals surface area contributed by atoms with Crippen molar-refractivity contribution in [3.8, 4) is 0 Å². The Morgan fingerprint density at radius 1 is 1.09 bits per heavy atom. The second kappa shape index (κ2) is 10.7. The summed E-state index contributed by atoms with van der Waals surface area (Å²) >= 11 is 0. The van der Waals surface area contributed by atoms with Gasteiger partial charge in [0.05, 0.1) is 30.4 Å². The molecule has 0 unspecified atom stereocenters. The van der Waals surface area contributed by atoms with Gasteiger partial charge in [0, 0.05) is 26.2 Å². The number of amides is 3. The standard InChI is InChI=1S/C22H27F3N6O3/c1-15(2)34-14-13-31(21(26)33)19-8-7-18(27-28-19)29-9-11-30(12-10-29)20(32)16-5-3-4-6-17(16)22(23,24)25/h3-8,15H,9-14H2,1-2H3,(H2,26,33). The second-order valence-electron chi connectivity index (χ2n) is 7.98. The van der Waals surface area contributed by atoms with Gasteiger partial charge in [-0.1, -0.05) is 12.1 Å². The molecule has 0 atom stereocenters. The molecule has 2 N–H and O–H groups in total. The molecule has 2 aromatic rings. The van der Waals surface area contributed by atoms with Gasteiger partial charge in [-0.2, -0.15) is 13.2 Å². The molecule has 3 amide bonds. The number of rotatable bonds is 7. The molecular weight excluding hydrogens is 453 g/mol. The SMILES string of the molecule is CC(C)OCCN(C(N)=O)c1ccc(N2CCN(C(=O)c3ccccc3C(F)(F)F)CC2)nn1. The van der Waals surface area contributed by atoms with Crippen molar-refractivity contribution in [2.75, 3.05) is 49.1 Å². The number of anilines is 2. The van der Waals surface area contributed by atoms with Crippen LogP contribution in [0.15, 0.2) is 36.4 Å². The van der Waals surface area contributed by atoms with Crippen LogP contribution in [0.5, 0.6) is 0 Å². The van der Waals surface area contributed by atoms with Crippen molar-refractivity contribution in [3.05, 3.63) is 47.5 Å². The minimum absolute atomic E-state index is 0.00989. The highest BCUT2D eigenvalue weighted by Crippen LogP contribution is 2.32. The molecule has 12 heteroatoms. The van der Waals surface area contributed by atoms with E-state index in [-0.39, 0.29) is 43.7 Å². The van der Waals surface area contributed by atoms with E-state index in [2.05, 4.69) is 10.2 Å². The summed E-state index contributed by atoms with van der Waals surface area (Å²) in [6.07, 6.45) is -4.60.